The Morgan fingerprint density at radius 3 is 2.13 bits per heavy atom. The van der Waals surface area contributed by atoms with Gasteiger partial charge in [-0.3, -0.25) is 4.79 Å². The van der Waals surface area contributed by atoms with Gasteiger partial charge in [-0.2, -0.15) is 4.31 Å². The summed E-state index contributed by atoms with van der Waals surface area (Å²) in [5.74, 6) is 0.177. The topological polar surface area (TPSA) is 62.6 Å². The highest BCUT2D eigenvalue weighted by molar-refractivity contribution is 9.10. The minimum atomic E-state index is -3.78. The highest BCUT2D eigenvalue weighted by Crippen LogP contribution is 2.20. The minimum absolute atomic E-state index is 0.0921. The lowest BCUT2D eigenvalue weighted by atomic mass is 10.2. The van der Waals surface area contributed by atoms with Crippen LogP contribution in [0.4, 0.5) is 0 Å². The van der Waals surface area contributed by atoms with E-state index < -0.39 is 10.0 Å². The third-order valence-electron chi connectivity index (χ3n) is 4.67. The molecule has 0 aliphatic rings. The van der Waals surface area contributed by atoms with E-state index in [1.807, 2.05) is 43.8 Å². The van der Waals surface area contributed by atoms with Gasteiger partial charge < -0.3 is 9.47 Å². The van der Waals surface area contributed by atoms with E-state index in [9.17, 15) is 13.2 Å². The zero-order valence-corrected chi connectivity index (χ0v) is 20.8. The number of hydrogen-bond acceptors (Lipinski definition) is 3. The number of sulfonamides is 1. The van der Waals surface area contributed by atoms with Crippen LogP contribution in [0, 0.1) is 11.8 Å². The van der Waals surface area contributed by atoms with E-state index in [2.05, 4.69) is 29.8 Å². The molecule has 1 amide bonds. The van der Waals surface area contributed by atoms with Crippen LogP contribution in [0.5, 0.6) is 0 Å². The average Bonchev–Trinajstić information content (AvgIpc) is 3.05. The predicted octanol–water partition coefficient (Wildman–Crippen LogP) is 4.12. The van der Waals surface area contributed by atoms with E-state index in [0.29, 0.717) is 13.1 Å². The number of aromatic nitrogens is 1. The Kier molecular flexibility index (Phi) is 8.70. The van der Waals surface area contributed by atoms with Crippen molar-refractivity contribution in [3.63, 3.8) is 0 Å². The van der Waals surface area contributed by atoms with Crippen LogP contribution in [-0.4, -0.2) is 47.7 Å². The first-order chi connectivity index (χ1) is 14.0. The molecule has 1 aromatic carbocycles. The van der Waals surface area contributed by atoms with Gasteiger partial charge in [-0.1, -0.05) is 43.6 Å². The molecule has 0 saturated carbocycles. The Morgan fingerprint density at radius 1 is 1.03 bits per heavy atom. The van der Waals surface area contributed by atoms with E-state index in [-0.39, 0.29) is 35.7 Å². The number of hydrogen-bond donors (Lipinski definition) is 0. The number of amides is 1. The Bertz CT molecular complexity index is 937. The van der Waals surface area contributed by atoms with E-state index >= 15 is 0 Å². The van der Waals surface area contributed by atoms with Gasteiger partial charge in [0, 0.05) is 36.5 Å². The van der Waals surface area contributed by atoms with Crippen molar-refractivity contribution in [3.05, 3.63) is 52.8 Å². The molecule has 0 bridgehead atoms. The summed E-state index contributed by atoms with van der Waals surface area (Å²) in [7, 11) is -1.84. The van der Waals surface area contributed by atoms with Gasteiger partial charge in [0.15, 0.2) is 0 Å². The summed E-state index contributed by atoms with van der Waals surface area (Å²) < 4.78 is 30.6. The molecule has 1 aromatic heterocycles. The second-order valence-corrected chi connectivity index (χ2v) is 11.3. The van der Waals surface area contributed by atoms with Gasteiger partial charge in [-0.25, -0.2) is 8.42 Å². The Morgan fingerprint density at radius 2 is 1.63 bits per heavy atom. The second-order valence-electron chi connectivity index (χ2n) is 8.42. The van der Waals surface area contributed by atoms with Crippen molar-refractivity contribution in [2.45, 2.75) is 39.1 Å². The first-order valence-corrected chi connectivity index (χ1v) is 12.4. The van der Waals surface area contributed by atoms with Crippen LogP contribution in [0.1, 0.15) is 33.4 Å². The van der Waals surface area contributed by atoms with Crippen molar-refractivity contribution < 1.29 is 13.2 Å². The fraction of sp³-hybridized carbons (Fsp3) is 0.500. The van der Waals surface area contributed by atoms with Crippen LogP contribution in [0.3, 0.4) is 0 Å². The van der Waals surface area contributed by atoms with E-state index in [1.54, 1.807) is 29.2 Å². The quantitative estimate of drug-likeness (QED) is 0.495. The maximum Gasteiger partial charge on any atom is 0.243 e. The van der Waals surface area contributed by atoms with Crippen molar-refractivity contribution in [2.24, 2.45) is 18.9 Å². The van der Waals surface area contributed by atoms with Crippen molar-refractivity contribution in [3.8, 4) is 0 Å². The number of nitrogens with zero attached hydrogens (tertiary/aromatic N) is 3. The summed E-state index contributed by atoms with van der Waals surface area (Å²) in [6, 6.07) is 10.4. The van der Waals surface area contributed by atoms with Gasteiger partial charge in [-0.15, -0.1) is 0 Å². The number of carbonyl (C=O) groups excluding carboxylic acids is 1. The summed E-state index contributed by atoms with van der Waals surface area (Å²) >= 11 is 3.33. The lowest BCUT2D eigenvalue weighted by Gasteiger charge is -2.29. The number of aryl methyl sites for hydroxylation is 1. The molecule has 6 nitrogen and oxygen atoms in total. The zero-order valence-electron chi connectivity index (χ0n) is 18.4. The van der Waals surface area contributed by atoms with Gasteiger partial charge in [0.2, 0.25) is 15.9 Å². The molecule has 0 unspecified atom stereocenters. The third-order valence-corrected chi connectivity index (χ3v) is 7.03. The zero-order chi connectivity index (χ0) is 22.5. The maximum absolute atomic E-state index is 13.3. The SMILES string of the molecule is CC(C)CN(Cc1cccn1C)C(=O)CN(CC(C)C)S(=O)(=O)c1ccc(Br)cc1. The second kappa shape index (κ2) is 10.6. The molecule has 2 aromatic rings. The molecular weight excluding hydrogens is 466 g/mol. The van der Waals surface area contributed by atoms with Gasteiger partial charge >= 0.3 is 0 Å². The van der Waals surface area contributed by atoms with Crippen LogP contribution in [0.15, 0.2) is 52.0 Å². The van der Waals surface area contributed by atoms with Crippen LogP contribution in [-0.2, 0) is 28.4 Å². The maximum atomic E-state index is 13.3. The summed E-state index contributed by atoms with van der Waals surface area (Å²) in [5.41, 5.74) is 1.01. The van der Waals surface area contributed by atoms with Gasteiger partial charge in [-0.05, 0) is 48.2 Å². The predicted molar refractivity (Wildman–Crippen MR) is 123 cm³/mol. The first kappa shape index (κ1) is 24.6. The Labute approximate surface area is 189 Å². The van der Waals surface area contributed by atoms with Crippen molar-refractivity contribution >= 4 is 31.9 Å². The monoisotopic (exact) mass is 497 g/mol. The van der Waals surface area contributed by atoms with Gasteiger partial charge in [0.05, 0.1) is 18.0 Å². The lowest BCUT2D eigenvalue weighted by molar-refractivity contribution is -0.132. The molecule has 0 aliphatic heterocycles. The minimum Gasteiger partial charge on any atom is -0.353 e. The van der Waals surface area contributed by atoms with Crippen LogP contribution < -0.4 is 0 Å². The fourth-order valence-electron chi connectivity index (χ4n) is 3.21. The molecule has 8 heteroatoms. The van der Waals surface area contributed by atoms with Gasteiger partial charge in [0.25, 0.3) is 0 Å². The smallest absolute Gasteiger partial charge is 0.243 e. The molecular formula is C22H32BrN3O3S. The molecule has 30 heavy (non-hydrogen) atoms. The average molecular weight is 498 g/mol. The summed E-state index contributed by atoms with van der Waals surface area (Å²) in [5, 5.41) is 0. The number of carbonyl (C=O) groups is 1. The van der Waals surface area contributed by atoms with E-state index in [4.69, 9.17) is 0 Å². The Balaban J connectivity index is 2.28. The Hall–Kier alpha value is -1.64. The number of benzene rings is 1. The van der Waals surface area contributed by atoms with Crippen LogP contribution in [0.2, 0.25) is 0 Å². The van der Waals surface area contributed by atoms with E-state index in [1.165, 1.54) is 4.31 Å². The highest BCUT2D eigenvalue weighted by Gasteiger charge is 2.29. The first-order valence-electron chi connectivity index (χ1n) is 10.1. The molecule has 2 rings (SSSR count). The summed E-state index contributed by atoms with van der Waals surface area (Å²) in [4.78, 5) is 15.2. The normalized spacial score (nSPS) is 12.2. The molecule has 1 heterocycles. The highest BCUT2D eigenvalue weighted by atomic mass is 79.9. The van der Waals surface area contributed by atoms with Gasteiger partial charge in [0.1, 0.15) is 0 Å². The van der Waals surface area contributed by atoms with Crippen molar-refractivity contribution in [1.29, 1.82) is 0 Å². The van der Waals surface area contributed by atoms with Crippen molar-refractivity contribution in [1.82, 2.24) is 13.8 Å². The molecule has 0 N–H and O–H groups in total. The van der Waals surface area contributed by atoms with Crippen LogP contribution in [0.25, 0.3) is 0 Å². The molecule has 0 saturated heterocycles. The number of halogens is 1. The fourth-order valence-corrected chi connectivity index (χ4v) is 5.03. The molecule has 0 fully saturated rings. The molecule has 166 valence electrons. The lowest BCUT2D eigenvalue weighted by Crippen LogP contribution is -2.45. The summed E-state index contributed by atoms with van der Waals surface area (Å²) in [6.07, 6.45) is 1.94. The van der Waals surface area contributed by atoms with E-state index in [0.717, 1.165) is 10.2 Å². The summed E-state index contributed by atoms with van der Waals surface area (Å²) in [6.45, 7) is 9.13. The molecule has 0 atom stereocenters. The number of rotatable bonds is 10. The third kappa shape index (κ3) is 6.68. The van der Waals surface area contributed by atoms with Crippen molar-refractivity contribution in [2.75, 3.05) is 19.6 Å². The van der Waals surface area contributed by atoms with Crippen LogP contribution >= 0.6 is 15.9 Å². The molecule has 0 aliphatic carbocycles. The standard InChI is InChI=1S/C22H32BrN3O3S/c1-17(2)13-25(15-20-7-6-12-24(20)5)22(27)16-26(14-18(3)4)30(28,29)21-10-8-19(23)9-11-21/h6-12,17-18H,13-16H2,1-5H3. The molecule has 0 spiro atoms. The largest absolute Gasteiger partial charge is 0.353 e. The molecule has 0 radical (unpaired) electrons.